The van der Waals surface area contributed by atoms with E-state index in [1.165, 1.54) is 0 Å². The number of hydrogen-bond acceptors (Lipinski definition) is 10. The zero-order chi connectivity index (χ0) is 23.7. The molecule has 2 saturated heterocycles. The van der Waals surface area contributed by atoms with Crippen LogP contribution in [0.4, 0.5) is 6.01 Å². The highest BCUT2D eigenvalue weighted by molar-refractivity contribution is 5.89. The van der Waals surface area contributed by atoms with Crippen molar-refractivity contribution >= 4 is 16.9 Å². The van der Waals surface area contributed by atoms with E-state index in [1.807, 2.05) is 25.1 Å². The van der Waals surface area contributed by atoms with Crippen LogP contribution in [-0.4, -0.2) is 67.3 Å². The van der Waals surface area contributed by atoms with Gasteiger partial charge in [-0.3, -0.25) is 0 Å². The Kier molecular flexibility index (Phi) is 6.39. The van der Waals surface area contributed by atoms with Gasteiger partial charge in [-0.2, -0.15) is 0 Å². The van der Waals surface area contributed by atoms with Crippen molar-refractivity contribution in [1.29, 1.82) is 0 Å². The van der Waals surface area contributed by atoms with E-state index in [2.05, 4.69) is 36.3 Å². The number of anilines is 1. The smallest absolute Gasteiger partial charge is 0.315 e. The number of pyridine rings is 1. The maximum atomic E-state index is 6.03. The summed E-state index contributed by atoms with van der Waals surface area (Å²) in [7, 11) is 0. The maximum Gasteiger partial charge on any atom is 0.315 e. The molecule has 1 N–H and O–H groups in total. The van der Waals surface area contributed by atoms with Crippen molar-refractivity contribution < 1.29 is 28.1 Å². The van der Waals surface area contributed by atoms with Crippen LogP contribution >= 0.6 is 0 Å². The van der Waals surface area contributed by atoms with Crippen LogP contribution in [-0.2, 0) is 24.4 Å². The maximum absolute atomic E-state index is 6.03. The fraction of sp³-hybridized carbons (Fsp3) is 0.542. The summed E-state index contributed by atoms with van der Waals surface area (Å²) in [6, 6.07) is 6.29. The fourth-order valence-corrected chi connectivity index (χ4v) is 3.99. The van der Waals surface area contributed by atoms with Gasteiger partial charge in [0.1, 0.15) is 18.1 Å². The molecule has 1 aromatic carbocycles. The van der Waals surface area contributed by atoms with Gasteiger partial charge in [0, 0.05) is 5.39 Å². The Bertz CT molecular complexity index is 1150. The number of nitrogens with zero attached hydrogens (tertiary/aromatic N) is 3. The molecular weight excluding hydrogens is 440 g/mol. The molecular formula is C24H30N4O6. The van der Waals surface area contributed by atoms with Crippen molar-refractivity contribution in [2.75, 3.05) is 44.9 Å². The molecule has 2 aliphatic rings. The Morgan fingerprint density at radius 2 is 1.68 bits per heavy atom. The first-order valence-corrected chi connectivity index (χ1v) is 11.5. The SMILES string of the molecule is Cc1cc(-c2nnc(NCC3OCCO3)o2)nc2c(C(C)(C)C)cc(OCC3OCCO3)cc12. The van der Waals surface area contributed by atoms with Gasteiger partial charge in [-0.05, 0) is 41.7 Å². The number of nitrogens with one attached hydrogen (secondary N) is 1. The first kappa shape index (κ1) is 23.0. The van der Waals surface area contributed by atoms with Crippen LogP contribution in [0.1, 0.15) is 31.9 Å². The van der Waals surface area contributed by atoms with Gasteiger partial charge in [-0.1, -0.05) is 25.9 Å². The number of rotatable bonds is 7. The summed E-state index contributed by atoms with van der Waals surface area (Å²) in [6.07, 6.45) is -0.642. The van der Waals surface area contributed by atoms with Gasteiger partial charge in [0.15, 0.2) is 12.6 Å². The van der Waals surface area contributed by atoms with Crippen LogP contribution in [0.25, 0.3) is 22.5 Å². The molecule has 10 heteroatoms. The Morgan fingerprint density at radius 3 is 2.38 bits per heavy atom. The van der Waals surface area contributed by atoms with Crippen LogP contribution in [0.15, 0.2) is 22.6 Å². The third-order valence-electron chi connectivity index (χ3n) is 5.73. The van der Waals surface area contributed by atoms with Gasteiger partial charge in [0.2, 0.25) is 0 Å². The molecule has 10 nitrogen and oxygen atoms in total. The largest absolute Gasteiger partial charge is 0.488 e. The Labute approximate surface area is 197 Å². The van der Waals surface area contributed by atoms with Gasteiger partial charge in [0.05, 0.1) is 38.5 Å². The molecule has 0 aliphatic carbocycles. The van der Waals surface area contributed by atoms with Crippen LogP contribution in [0.5, 0.6) is 5.75 Å². The zero-order valence-electron chi connectivity index (χ0n) is 19.9. The highest BCUT2D eigenvalue weighted by Gasteiger charge is 2.24. The van der Waals surface area contributed by atoms with E-state index in [9.17, 15) is 0 Å². The molecule has 2 aliphatic heterocycles. The van der Waals surface area contributed by atoms with Gasteiger partial charge in [-0.25, -0.2) is 4.98 Å². The highest BCUT2D eigenvalue weighted by atomic mass is 16.7. The van der Waals surface area contributed by atoms with Crippen molar-refractivity contribution in [2.24, 2.45) is 0 Å². The Hall–Kier alpha value is -2.79. The van der Waals surface area contributed by atoms with Gasteiger partial charge >= 0.3 is 6.01 Å². The second-order valence-electron chi connectivity index (χ2n) is 9.39. The number of aryl methyl sites for hydroxylation is 1. The molecule has 0 spiro atoms. The quantitative estimate of drug-likeness (QED) is 0.551. The van der Waals surface area contributed by atoms with Crippen molar-refractivity contribution in [3.05, 3.63) is 29.3 Å². The monoisotopic (exact) mass is 470 g/mol. The molecule has 5 rings (SSSR count). The molecule has 4 heterocycles. The summed E-state index contributed by atoms with van der Waals surface area (Å²) in [5, 5.41) is 12.3. The molecule has 0 radical (unpaired) electrons. The predicted molar refractivity (Wildman–Crippen MR) is 124 cm³/mol. The molecule has 0 amide bonds. The van der Waals surface area contributed by atoms with Crippen LogP contribution < -0.4 is 10.1 Å². The third kappa shape index (κ3) is 5.00. The first-order valence-electron chi connectivity index (χ1n) is 11.5. The molecule has 3 aromatic rings. The summed E-state index contributed by atoms with van der Waals surface area (Å²) in [4.78, 5) is 4.92. The average molecular weight is 471 g/mol. The highest BCUT2D eigenvalue weighted by Crippen LogP contribution is 2.36. The molecule has 2 fully saturated rings. The number of aromatic nitrogens is 3. The first-order chi connectivity index (χ1) is 16.4. The Balaban J connectivity index is 1.43. The van der Waals surface area contributed by atoms with Crippen LogP contribution in [0.3, 0.4) is 0 Å². The third-order valence-corrected chi connectivity index (χ3v) is 5.73. The molecule has 0 unspecified atom stereocenters. The van der Waals surface area contributed by atoms with Gasteiger partial charge in [0.25, 0.3) is 5.89 Å². The standard InChI is InChI=1S/C24H30N4O6/c1-14-9-18(22-27-28-23(34-22)25-12-19-29-5-6-30-19)26-21-16(14)10-15(11-17(21)24(2,3)4)33-13-20-31-7-8-32-20/h9-11,19-20H,5-8,12-13H2,1-4H3,(H,25,28). The van der Waals surface area contributed by atoms with E-state index in [-0.39, 0.29) is 18.0 Å². The van der Waals surface area contributed by atoms with Crippen molar-refractivity contribution in [1.82, 2.24) is 15.2 Å². The van der Waals surface area contributed by atoms with Crippen molar-refractivity contribution in [2.45, 2.75) is 45.7 Å². The van der Waals surface area contributed by atoms with Crippen molar-refractivity contribution in [3.8, 4) is 17.3 Å². The minimum atomic E-state index is -0.331. The minimum absolute atomic E-state index is 0.168. The second-order valence-corrected chi connectivity index (χ2v) is 9.39. The molecule has 34 heavy (non-hydrogen) atoms. The molecule has 0 bridgehead atoms. The molecule has 2 aromatic heterocycles. The Morgan fingerprint density at radius 1 is 0.971 bits per heavy atom. The molecule has 0 atom stereocenters. The average Bonchev–Trinajstić information content (AvgIpc) is 3.58. The van der Waals surface area contributed by atoms with E-state index in [0.717, 1.165) is 27.8 Å². The summed E-state index contributed by atoms with van der Waals surface area (Å²) < 4.78 is 33.7. The lowest BCUT2D eigenvalue weighted by molar-refractivity contribution is -0.0684. The molecule has 0 saturated carbocycles. The predicted octanol–water partition coefficient (Wildman–Crippen LogP) is 3.43. The lowest BCUT2D eigenvalue weighted by Crippen LogP contribution is -2.20. The van der Waals surface area contributed by atoms with Gasteiger partial charge < -0.3 is 33.4 Å². The van der Waals surface area contributed by atoms with E-state index in [0.29, 0.717) is 57.2 Å². The van der Waals surface area contributed by atoms with E-state index < -0.39 is 0 Å². The zero-order valence-corrected chi connectivity index (χ0v) is 19.9. The molecule has 182 valence electrons. The van der Waals surface area contributed by atoms with E-state index in [4.69, 9.17) is 33.1 Å². The summed E-state index contributed by atoms with van der Waals surface area (Å²) >= 11 is 0. The lowest BCUT2D eigenvalue weighted by atomic mass is 9.84. The normalized spacial score (nSPS) is 17.6. The number of benzene rings is 1. The minimum Gasteiger partial charge on any atom is -0.488 e. The topological polar surface area (TPSA) is 110 Å². The van der Waals surface area contributed by atoms with Crippen molar-refractivity contribution in [3.63, 3.8) is 0 Å². The van der Waals surface area contributed by atoms with Gasteiger partial charge in [-0.15, -0.1) is 5.10 Å². The van der Waals surface area contributed by atoms with E-state index in [1.54, 1.807) is 0 Å². The number of fused-ring (bicyclic) bond motifs is 1. The second kappa shape index (κ2) is 9.46. The van der Waals surface area contributed by atoms with Crippen LogP contribution in [0, 0.1) is 6.92 Å². The summed E-state index contributed by atoms with van der Waals surface area (Å²) in [6.45, 7) is 11.6. The van der Waals surface area contributed by atoms with Crippen LogP contribution in [0.2, 0.25) is 0 Å². The summed E-state index contributed by atoms with van der Waals surface area (Å²) in [5.74, 6) is 1.10. The lowest BCUT2D eigenvalue weighted by Gasteiger charge is -2.23. The van der Waals surface area contributed by atoms with E-state index >= 15 is 0 Å². The number of ether oxygens (including phenoxy) is 5. The number of hydrogen-bond donors (Lipinski definition) is 1. The summed E-state index contributed by atoms with van der Waals surface area (Å²) in [5.41, 5.74) is 3.42. The fourth-order valence-electron chi connectivity index (χ4n) is 3.99.